The van der Waals surface area contributed by atoms with Crippen molar-refractivity contribution in [3.05, 3.63) is 11.9 Å². The molecule has 1 aliphatic heterocycles. The van der Waals surface area contributed by atoms with Crippen molar-refractivity contribution in [3.63, 3.8) is 0 Å². The van der Waals surface area contributed by atoms with Gasteiger partial charge in [0.25, 0.3) is 0 Å². The van der Waals surface area contributed by atoms with Gasteiger partial charge in [0.15, 0.2) is 0 Å². The molecule has 100 valence electrons. The summed E-state index contributed by atoms with van der Waals surface area (Å²) in [7, 11) is 0. The van der Waals surface area contributed by atoms with E-state index in [1.807, 2.05) is 13.0 Å². The van der Waals surface area contributed by atoms with Crippen molar-refractivity contribution in [1.82, 2.24) is 9.97 Å². The summed E-state index contributed by atoms with van der Waals surface area (Å²) >= 11 is 0. The van der Waals surface area contributed by atoms with Gasteiger partial charge in [-0.1, -0.05) is 13.8 Å². The highest BCUT2D eigenvalue weighted by atomic mass is 16.5. The molecule has 1 aromatic rings. The first kappa shape index (κ1) is 13.1. The van der Waals surface area contributed by atoms with E-state index in [-0.39, 0.29) is 12.0 Å². The topological polar surface area (TPSA) is 56.3 Å². The Bertz CT molecular complexity index is 390. The Balaban J connectivity index is 2.16. The third-order valence-electron chi connectivity index (χ3n) is 2.77. The van der Waals surface area contributed by atoms with E-state index in [9.17, 15) is 0 Å². The SMILES string of the molecule is CCNc1cc(OC2CCOC2)nc(C(C)C)n1. The van der Waals surface area contributed by atoms with Crippen LogP contribution in [0.2, 0.25) is 0 Å². The second-order valence-corrected chi connectivity index (χ2v) is 4.74. The minimum absolute atomic E-state index is 0.120. The minimum atomic E-state index is 0.120. The second-order valence-electron chi connectivity index (χ2n) is 4.74. The first-order chi connectivity index (χ1) is 8.69. The van der Waals surface area contributed by atoms with E-state index < -0.39 is 0 Å². The highest BCUT2D eigenvalue weighted by molar-refractivity contribution is 5.38. The maximum absolute atomic E-state index is 5.84. The summed E-state index contributed by atoms with van der Waals surface area (Å²) in [4.78, 5) is 8.91. The van der Waals surface area contributed by atoms with Gasteiger partial charge in [-0.25, -0.2) is 4.98 Å². The van der Waals surface area contributed by atoms with Crippen LogP contribution in [0, 0.1) is 0 Å². The Morgan fingerprint density at radius 2 is 2.33 bits per heavy atom. The number of ether oxygens (including phenoxy) is 2. The normalized spacial score (nSPS) is 19.2. The van der Waals surface area contributed by atoms with Crippen LogP contribution >= 0.6 is 0 Å². The van der Waals surface area contributed by atoms with Crippen LogP contribution in [-0.4, -0.2) is 35.8 Å². The zero-order valence-electron chi connectivity index (χ0n) is 11.3. The fourth-order valence-electron chi connectivity index (χ4n) is 1.81. The quantitative estimate of drug-likeness (QED) is 0.869. The number of nitrogens with one attached hydrogen (secondary N) is 1. The summed E-state index contributed by atoms with van der Waals surface area (Å²) in [6.07, 6.45) is 1.05. The van der Waals surface area contributed by atoms with Gasteiger partial charge >= 0.3 is 0 Å². The van der Waals surface area contributed by atoms with Gasteiger partial charge in [0.05, 0.1) is 13.2 Å². The molecule has 1 aromatic heterocycles. The van der Waals surface area contributed by atoms with Gasteiger partial charge in [-0.2, -0.15) is 4.98 Å². The van der Waals surface area contributed by atoms with Crippen LogP contribution in [0.1, 0.15) is 38.9 Å². The molecular weight excluding hydrogens is 230 g/mol. The molecule has 2 rings (SSSR count). The molecule has 0 amide bonds. The predicted octanol–water partition coefficient (Wildman–Crippen LogP) is 2.20. The lowest BCUT2D eigenvalue weighted by Crippen LogP contribution is -2.17. The fourth-order valence-corrected chi connectivity index (χ4v) is 1.81. The summed E-state index contributed by atoms with van der Waals surface area (Å²) in [5.74, 6) is 2.55. The molecule has 0 aromatic carbocycles. The minimum Gasteiger partial charge on any atom is -0.472 e. The van der Waals surface area contributed by atoms with E-state index in [1.54, 1.807) is 0 Å². The lowest BCUT2D eigenvalue weighted by molar-refractivity contribution is 0.137. The van der Waals surface area contributed by atoms with Crippen molar-refractivity contribution in [2.24, 2.45) is 0 Å². The molecule has 5 nitrogen and oxygen atoms in total. The molecule has 1 aliphatic rings. The zero-order valence-corrected chi connectivity index (χ0v) is 11.3. The predicted molar refractivity (Wildman–Crippen MR) is 70.1 cm³/mol. The number of rotatable bonds is 5. The van der Waals surface area contributed by atoms with E-state index in [4.69, 9.17) is 9.47 Å². The van der Waals surface area contributed by atoms with Gasteiger partial charge in [0, 0.05) is 24.9 Å². The van der Waals surface area contributed by atoms with Crippen molar-refractivity contribution < 1.29 is 9.47 Å². The molecule has 1 atom stereocenters. The lowest BCUT2D eigenvalue weighted by Gasteiger charge is -2.14. The van der Waals surface area contributed by atoms with Gasteiger partial charge in [0.2, 0.25) is 5.88 Å². The molecule has 1 N–H and O–H groups in total. The Kier molecular flexibility index (Phi) is 4.36. The average Bonchev–Trinajstić information content (AvgIpc) is 2.82. The first-order valence-electron chi connectivity index (χ1n) is 6.56. The number of hydrogen-bond donors (Lipinski definition) is 1. The van der Waals surface area contributed by atoms with Gasteiger partial charge in [-0.3, -0.25) is 0 Å². The summed E-state index contributed by atoms with van der Waals surface area (Å²) in [5.41, 5.74) is 0. The zero-order chi connectivity index (χ0) is 13.0. The van der Waals surface area contributed by atoms with E-state index in [0.29, 0.717) is 12.5 Å². The largest absolute Gasteiger partial charge is 0.472 e. The monoisotopic (exact) mass is 251 g/mol. The molecule has 0 spiro atoms. The van der Waals surface area contributed by atoms with E-state index in [0.717, 1.165) is 31.2 Å². The maximum atomic E-state index is 5.84. The highest BCUT2D eigenvalue weighted by Gasteiger charge is 2.19. The second kappa shape index (κ2) is 6.00. The van der Waals surface area contributed by atoms with Crippen molar-refractivity contribution >= 4 is 5.82 Å². The fraction of sp³-hybridized carbons (Fsp3) is 0.692. The van der Waals surface area contributed by atoms with Crippen LogP contribution in [0.15, 0.2) is 6.07 Å². The smallest absolute Gasteiger partial charge is 0.219 e. The van der Waals surface area contributed by atoms with Gasteiger partial charge in [-0.05, 0) is 6.92 Å². The third kappa shape index (κ3) is 3.32. The molecule has 18 heavy (non-hydrogen) atoms. The molecule has 5 heteroatoms. The van der Waals surface area contributed by atoms with Crippen LogP contribution in [0.25, 0.3) is 0 Å². The summed E-state index contributed by atoms with van der Waals surface area (Å²) in [6, 6.07) is 1.85. The van der Waals surface area contributed by atoms with E-state index >= 15 is 0 Å². The first-order valence-corrected chi connectivity index (χ1v) is 6.56. The lowest BCUT2D eigenvalue weighted by atomic mass is 10.2. The highest BCUT2D eigenvalue weighted by Crippen LogP contribution is 2.21. The Labute approximate surface area is 108 Å². The van der Waals surface area contributed by atoms with Crippen LogP contribution in [0.3, 0.4) is 0 Å². The maximum Gasteiger partial charge on any atom is 0.219 e. The molecule has 1 unspecified atom stereocenters. The molecule has 2 heterocycles. The van der Waals surface area contributed by atoms with Crippen LogP contribution < -0.4 is 10.1 Å². The Morgan fingerprint density at radius 1 is 1.50 bits per heavy atom. The van der Waals surface area contributed by atoms with Crippen molar-refractivity contribution in [1.29, 1.82) is 0 Å². The van der Waals surface area contributed by atoms with Gasteiger partial charge in [-0.15, -0.1) is 0 Å². The van der Waals surface area contributed by atoms with Crippen molar-refractivity contribution in [2.45, 2.75) is 39.2 Å². The van der Waals surface area contributed by atoms with Crippen molar-refractivity contribution in [3.8, 4) is 5.88 Å². The molecule has 1 saturated heterocycles. The van der Waals surface area contributed by atoms with Gasteiger partial charge in [0.1, 0.15) is 17.7 Å². The molecule has 1 fully saturated rings. The number of nitrogens with zero attached hydrogens (tertiary/aromatic N) is 2. The van der Waals surface area contributed by atoms with Crippen LogP contribution in [-0.2, 0) is 4.74 Å². The van der Waals surface area contributed by atoms with Crippen LogP contribution in [0.4, 0.5) is 5.82 Å². The third-order valence-corrected chi connectivity index (χ3v) is 2.77. The van der Waals surface area contributed by atoms with Crippen molar-refractivity contribution in [2.75, 3.05) is 25.1 Å². The number of anilines is 1. The number of hydrogen-bond acceptors (Lipinski definition) is 5. The summed E-state index contributed by atoms with van der Waals surface area (Å²) in [6.45, 7) is 8.45. The molecule has 0 saturated carbocycles. The van der Waals surface area contributed by atoms with Gasteiger partial charge < -0.3 is 14.8 Å². The molecule has 0 radical (unpaired) electrons. The Hall–Kier alpha value is -1.36. The Morgan fingerprint density at radius 3 is 2.94 bits per heavy atom. The summed E-state index contributed by atoms with van der Waals surface area (Å²) < 4.78 is 11.1. The summed E-state index contributed by atoms with van der Waals surface area (Å²) in [5, 5.41) is 3.21. The molecule has 0 aliphatic carbocycles. The standard InChI is InChI=1S/C13H21N3O2/c1-4-14-11-7-12(16-13(15-11)9(2)3)18-10-5-6-17-8-10/h7,9-10H,4-6,8H2,1-3H3,(H,14,15,16). The van der Waals surface area contributed by atoms with Crippen LogP contribution in [0.5, 0.6) is 5.88 Å². The number of aromatic nitrogens is 2. The molecule has 0 bridgehead atoms. The van der Waals surface area contributed by atoms with E-state index in [1.165, 1.54) is 0 Å². The molecular formula is C13H21N3O2. The average molecular weight is 251 g/mol. The van der Waals surface area contributed by atoms with E-state index in [2.05, 4.69) is 29.1 Å².